The molecule has 0 saturated carbocycles. The number of carbonyl (C=O) groups excluding carboxylic acids is 2. The van der Waals surface area contributed by atoms with E-state index in [1.54, 1.807) is 13.8 Å². The van der Waals surface area contributed by atoms with Crippen LogP contribution in [-0.2, 0) is 0 Å². The first-order valence-corrected chi connectivity index (χ1v) is 3.86. The first-order valence-electron chi connectivity index (χ1n) is 3.86. The lowest BCUT2D eigenvalue weighted by molar-refractivity contribution is -0.255. The number of carbonyl (C=O) groups is 2. The number of aromatic amines is 1. The van der Waals surface area contributed by atoms with E-state index in [9.17, 15) is 14.7 Å². The molecule has 0 saturated heterocycles. The molecule has 0 fully saturated rings. The van der Waals surface area contributed by atoms with Crippen molar-refractivity contribution in [2.24, 2.45) is 0 Å². The largest absolute Gasteiger partial charge is 0.543 e. The van der Waals surface area contributed by atoms with E-state index in [0.717, 1.165) is 0 Å². The number of carboxylic acid groups (broad SMARTS) is 1. The highest BCUT2D eigenvalue weighted by Gasteiger charge is 2.14. The molecular weight excluding hydrogens is 170 g/mol. The van der Waals surface area contributed by atoms with Gasteiger partial charge in [0.2, 0.25) is 0 Å². The van der Waals surface area contributed by atoms with Crippen molar-refractivity contribution in [3.8, 4) is 0 Å². The minimum atomic E-state index is -1.28. The zero-order chi connectivity index (χ0) is 10.2. The summed E-state index contributed by atoms with van der Waals surface area (Å²) in [6.45, 7) is 4.66. The van der Waals surface area contributed by atoms with Gasteiger partial charge in [-0.1, -0.05) is 0 Å². The molecule has 0 unspecified atom stereocenters. The minimum absolute atomic E-state index is 0.0114. The van der Waals surface area contributed by atoms with E-state index in [1.165, 1.54) is 6.92 Å². The number of aryl methyl sites for hydroxylation is 1. The van der Waals surface area contributed by atoms with Crippen molar-refractivity contribution in [1.82, 2.24) is 4.98 Å². The van der Waals surface area contributed by atoms with E-state index in [1.807, 2.05) is 0 Å². The molecule has 4 heteroatoms. The second-order valence-electron chi connectivity index (χ2n) is 2.97. The molecule has 4 nitrogen and oxygen atoms in total. The Hall–Kier alpha value is -1.58. The van der Waals surface area contributed by atoms with Gasteiger partial charge in [0, 0.05) is 11.3 Å². The average molecular weight is 180 g/mol. The number of rotatable bonds is 2. The zero-order valence-electron chi connectivity index (χ0n) is 7.72. The molecule has 1 N–H and O–H groups in total. The lowest BCUT2D eigenvalue weighted by atomic mass is 10.1. The summed E-state index contributed by atoms with van der Waals surface area (Å²) in [5.74, 6) is -1.42. The molecule has 13 heavy (non-hydrogen) atoms. The van der Waals surface area contributed by atoms with Crippen molar-refractivity contribution in [3.05, 3.63) is 22.5 Å². The summed E-state index contributed by atoms with van der Waals surface area (Å²) in [7, 11) is 0. The van der Waals surface area contributed by atoms with E-state index in [4.69, 9.17) is 0 Å². The van der Waals surface area contributed by atoms with Crippen LogP contribution < -0.4 is 5.11 Å². The summed E-state index contributed by atoms with van der Waals surface area (Å²) in [6.07, 6.45) is 0. The van der Waals surface area contributed by atoms with Gasteiger partial charge in [-0.25, -0.2) is 0 Å². The van der Waals surface area contributed by atoms with Gasteiger partial charge in [-0.2, -0.15) is 0 Å². The number of aromatic carboxylic acids is 1. The smallest absolute Gasteiger partial charge is 0.161 e. The van der Waals surface area contributed by atoms with E-state index in [-0.39, 0.29) is 11.5 Å². The molecule has 1 aromatic heterocycles. The van der Waals surface area contributed by atoms with E-state index >= 15 is 0 Å². The molecule has 0 amide bonds. The van der Waals surface area contributed by atoms with Crippen molar-refractivity contribution in [2.75, 3.05) is 0 Å². The fraction of sp³-hybridized carbons (Fsp3) is 0.333. The van der Waals surface area contributed by atoms with Gasteiger partial charge in [-0.3, -0.25) is 4.79 Å². The number of hydrogen-bond acceptors (Lipinski definition) is 3. The van der Waals surface area contributed by atoms with Crippen LogP contribution in [0.3, 0.4) is 0 Å². The SMILES string of the molecule is CC(=O)c1c(C)[nH]c(C(=O)[O-])c1C. The van der Waals surface area contributed by atoms with Crippen molar-refractivity contribution < 1.29 is 14.7 Å². The Morgan fingerprint density at radius 1 is 1.31 bits per heavy atom. The molecule has 1 rings (SSSR count). The van der Waals surface area contributed by atoms with Gasteiger partial charge in [-0.05, 0) is 26.3 Å². The Labute approximate surface area is 75.6 Å². The summed E-state index contributed by atoms with van der Waals surface area (Å²) in [5, 5.41) is 10.6. The fourth-order valence-corrected chi connectivity index (χ4v) is 1.48. The van der Waals surface area contributed by atoms with Crippen LogP contribution in [-0.4, -0.2) is 16.7 Å². The van der Waals surface area contributed by atoms with Crippen LogP contribution in [0, 0.1) is 13.8 Å². The van der Waals surface area contributed by atoms with Gasteiger partial charge in [0.15, 0.2) is 5.78 Å². The number of nitrogens with one attached hydrogen (secondary N) is 1. The number of hydrogen-bond donors (Lipinski definition) is 1. The third-order valence-corrected chi connectivity index (χ3v) is 1.99. The molecule has 0 aliphatic rings. The standard InChI is InChI=1S/C9H11NO3/c1-4-7(6(3)11)5(2)10-8(4)9(12)13/h10H,1-3H3,(H,12,13)/p-1. The maximum atomic E-state index is 11.1. The Kier molecular flexibility index (Phi) is 2.23. The predicted molar refractivity (Wildman–Crippen MR) is 44.6 cm³/mol. The summed E-state index contributed by atoms with van der Waals surface area (Å²) in [5.41, 5.74) is 1.45. The molecule has 0 spiro atoms. The Morgan fingerprint density at radius 3 is 2.08 bits per heavy atom. The van der Waals surface area contributed by atoms with Gasteiger partial charge in [0.1, 0.15) is 0 Å². The maximum absolute atomic E-state index is 11.1. The van der Waals surface area contributed by atoms with Crippen LogP contribution in [0.5, 0.6) is 0 Å². The topological polar surface area (TPSA) is 73.0 Å². The number of aromatic nitrogens is 1. The number of carboxylic acids is 1. The number of H-pyrrole nitrogens is 1. The number of Topliss-reactive ketones (excluding diaryl/α,β-unsaturated/α-hetero) is 1. The molecule has 1 aromatic rings. The molecule has 0 aromatic carbocycles. The summed E-state index contributed by atoms with van der Waals surface area (Å²) in [4.78, 5) is 24.3. The normalized spacial score (nSPS) is 10.1. The Bertz CT molecular complexity index is 376. The molecule has 0 aliphatic heterocycles. The zero-order valence-corrected chi connectivity index (χ0v) is 7.72. The monoisotopic (exact) mass is 180 g/mol. The van der Waals surface area contributed by atoms with Crippen LogP contribution in [0.25, 0.3) is 0 Å². The van der Waals surface area contributed by atoms with Crippen molar-refractivity contribution in [2.45, 2.75) is 20.8 Å². The molecule has 0 atom stereocenters. The Morgan fingerprint density at radius 2 is 1.85 bits per heavy atom. The van der Waals surface area contributed by atoms with Crippen molar-refractivity contribution in [1.29, 1.82) is 0 Å². The summed E-state index contributed by atoms with van der Waals surface area (Å²) < 4.78 is 0. The average Bonchev–Trinajstić information content (AvgIpc) is 2.26. The van der Waals surface area contributed by atoms with Crippen LogP contribution in [0.4, 0.5) is 0 Å². The summed E-state index contributed by atoms with van der Waals surface area (Å²) >= 11 is 0. The van der Waals surface area contributed by atoms with Gasteiger partial charge >= 0.3 is 0 Å². The summed E-state index contributed by atoms with van der Waals surface area (Å²) in [6, 6.07) is 0. The van der Waals surface area contributed by atoms with Gasteiger partial charge < -0.3 is 14.9 Å². The fourth-order valence-electron chi connectivity index (χ4n) is 1.48. The second-order valence-corrected chi connectivity index (χ2v) is 2.97. The predicted octanol–water partition coefficient (Wildman–Crippen LogP) is 0.198. The third kappa shape index (κ3) is 1.47. The first-order chi connectivity index (χ1) is 5.95. The van der Waals surface area contributed by atoms with Crippen molar-refractivity contribution in [3.63, 3.8) is 0 Å². The highest BCUT2D eigenvalue weighted by Crippen LogP contribution is 2.17. The van der Waals surface area contributed by atoms with Crippen LogP contribution in [0.1, 0.15) is 39.0 Å². The Balaban J connectivity index is 3.39. The quantitative estimate of drug-likeness (QED) is 0.660. The highest BCUT2D eigenvalue weighted by atomic mass is 16.4. The van der Waals surface area contributed by atoms with Crippen LogP contribution in [0.2, 0.25) is 0 Å². The molecule has 1 heterocycles. The first kappa shape index (κ1) is 9.51. The molecule has 0 bridgehead atoms. The third-order valence-electron chi connectivity index (χ3n) is 1.99. The van der Waals surface area contributed by atoms with E-state index in [2.05, 4.69) is 4.98 Å². The van der Waals surface area contributed by atoms with Gasteiger partial charge in [0.25, 0.3) is 0 Å². The molecular formula is C9H10NO3-. The second kappa shape index (κ2) is 3.05. The lowest BCUT2D eigenvalue weighted by Crippen LogP contribution is -2.23. The maximum Gasteiger partial charge on any atom is 0.161 e. The van der Waals surface area contributed by atoms with Crippen LogP contribution in [0.15, 0.2) is 0 Å². The van der Waals surface area contributed by atoms with Crippen LogP contribution >= 0.6 is 0 Å². The van der Waals surface area contributed by atoms with Gasteiger partial charge in [-0.15, -0.1) is 0 Å². The molecule has 0 radical (unpaired) electrons. The lowest BCUT2D eigenvalue weighted by Gasteiger charge is -1.99. The van der Waals surface area contributed by atoms with Crippen molar-refractivity contribution >= 4 is 11.8 Å². The molecule has 70 valence electrons. The highest BCUT2D eigenvalue weighted by molar-refractivity contribution is 6.00. The number of ketones is 1. The molecule has 0 aliphatic carbocycles. The van der Waals surface area contributed by atoms with Gasteiger partial charge in [0.05, 0.1) is 11.7 Å². The minimum Gasteiger partial charge on any atom is -0.543 e. The van der Waals surface area contributed by atoms with E-state index in [0.29, 0.717) is 16.8 Å². The van der Waals surface area contributed by atoms with E-state index < -0.39 is 5.97 Å².